The summed E-state index contributed by atoms with van der Waals surface area (Å²) in [5.41, 5.74) is 0.908. The Hall–Kier alpha value is -1.59. The van der Waals surface area contributed by atoms with E-state index < -0.39 is 0 Å². The number of nitrogens with one attached hydrogen (secondary N) is 2. The Bertz CT molecular complexity index is 406. The van der Waals surface area contributed by atoms with E-state index in [9.17, 15) is 9.90 Å². The number of rotatable bonds is 10. The monoisotopic (exact) mass is 293 g/mol. The Labute approximate surface area is 127 Å². The first-order chi connectivity index (χ1) is 10.2. The van der Waals surface area contributed by atoms with E-state index in [0.29, 0.717) is 13.0 Å². The van der Waals surface area contributed by atoms with E-state index in [0.717, 1.165) is 38.2 Å². The van der Waals surface area contributed by atoms with Gasteiger partial charge in [0, 0.05) is 26.2 Å². The SMILES string of the molecule is CCCN(CCNC)CCNC(=O)Cc1ccc(O)cc1. The summed E-state index contributed by atoms with van der Waals surface area (Å²) in [6.07, 6.45) is 1.47. The minimum atomic E-state index is 0.0192. The summed E-state index contributed by atoms with van der Waals surface area (Å²) in [4.78, 5) is 14.2. The van der Waals surface area contributed by atoms with Crippen LogP contribution in [0.4, 0.5) is 0 Å². The fraction of sp³-hybridized carbons (Fsp3) is 0.562. The number of phenolic OH excluding ortho intramolecular Hbond substituents is 1. The van der Waals surface area contributed by atoms with Crippen molar-refractivity contribution in [3.8, 4) is 5.75 Å². The van der Waals surface area contributed by atoms with Gasteiger partial charge in [0.05, 0.1) is 6.42 Å². The van der Waals surface area contributed by atoms with E-state index in [2.05, 4.69) is 22.5 Å². The summed E-state index contributed by atoms with van der Waals surface area (Å²) in [5.74, 6) is 0.240. The van der Waals surface area contributed by atoms with Crippen molar-refractivity contribution in [2.75, 3.05) is 39.8 Å². The van der Waals surface area contributed by atoms with Gasteiger partial charge in [0.15, 0.2) is 0 Å². The fourth-order valence-electron chi connectivity index (χ4n) is 2.14. The number of aromatic hydroxyl groups is 1. The Balaban J connectivity index is 2.26. The van der Waals surface area contributed by atoms with Crippen LogP contribution in [0.25, 0.3) is 0 Å². The van der Waals surface area contributed by atoms with Crippen molar-refractivity contribution in [2.24, 2.45) is 0 Å². The standard InChI is InChI=1S/C16H27N3O2/c1-3-10-19(11-8-17-2)12-9-18-16(21)13-14-4-6-15(20)7-5-14/h4-7,17,20H,3,8-13H2,1-2H3,(H,18,21). The molecule has 0 bridgehead atoms. The highest BCUT2D eigenvalue weighted by Crippen LogP contribution is 2.09. The van der Waals surface area contributed by atoms with Crippen LogP contribution in [0.3, 0.4) is 0 Å². The molecule has 5 nitrogen and oxygen atoms in total. The molecule has 0 atom stereocenters. The number of hydrogen-bond acceptors (Lipinski definition) is 4. The summed E-state index contributed by atoms with van der Waals surface area (Å²) < 4.78 is 0. The highest BCUT2D eigenvalue weighted by atomic mass is 16.3. The number of phenols is 1. The maximum absolute atomic E-state index is 11.8. The fourth-order valence-corrected chi connectivity index (χ4v) is 2.14. The van der Waals surface area contributed by atoms with Gasteiger partial charge in [-0.05, 0) is 37.7 Å². The van der Waals surface area contributed by atoms with Crippen molar-refractivity contribution in [2.45, 2.75) is 19.8 Å². The molecule has 5 heteroatoms. The minimum absolute atomic E-state index is 0.0192. The summed E-state index contributed by atoms with van der Waals surface area (Å²) in [5, 5.41) is 15.3. The van der Waals surface area contributed by atoms with E-state index in [-0.39, 0.29) is 11.7 Å². The largest absolute Gasteiger partial charge is 0.508 e. The van der Waals surface area contributed by atoms with Crippen molar-refractivity contribution in [3.05, 3.63) is 29.8 Å². The second-order valence-electron chi connectivity index (χ2n) is 5.14. The van der Waals surface area contributed by atoms with Crippen LogP contribution in [-0.4, -0.2) is 55.7 Å². The average molecular weight is 293 g/mol. The van der Waals surface area contributed by atoms with Gasteiger partial charge in [-0.2, -0.15) is 0 Å². The van der Waals surface area contributed by atoms with Gasteiger partial charge in [0.2, 0.25) is 5.91 Å². The van der Waals surface area contributed by atoms with Crippen LogP contribution >= 0.6 is 0 Å². The van der Waals surface area contributed by atoms with Crippen molar-refractivity contribution < 1.29 is 9.90 Å². The molecular weight excluding hydrogens is 266 g/mol. The van der Waals surface area contributed by atoms with E-state index in [1.165, 1.54) is 0 Å². The molecule has 0 aromatic heterocycles. The van der Waals surface area contributed by atoms with Gasteiger partial charge in [-0.3, -0.25) is 4.79 Å². The zero-order valence-corrected chi connectivity index (χ0v) is 13.1. The third kappa shape index (κ3) is 7.68. The van der Waals surface area contributed by atoms with Gasteiger partial charge in [-0.15, -0.1) is 0 Å². The molecule has 0 aliphatic heterocycles. The zero-order chi connectivity index (χ0) is 15.5. The van der Waals surface area contributed by atoms with Crippen LogP contribution in [0, 0.1) is 0 Å². The molecule has 0 spiro atoms. The first kappa shape index (κ1) is 17.5. The lowest BCUT2D eigenvalue weighted by Gasteiger charge is -2.21. The predicted molar refractivity (Wildman–Crippen MR) is 85.5 cm³/mol. The van der Waals surface area contributed by atoms with Crippen molar-refractivity contribution in [3.63, 3.8) is 0 Å². The molecule has 0 aliphatic carbocycles. The van der Waals surface area contributed by atoms with Gasteiger partial charge < -0.3 is 20.6 Å². The molecule has 0 radical (unpaired) electrons. The first-order valence-corrected chi connectivity index (χ1v) is 7.57. The average Bonchev–Trinajstić information content (AvgIpc) is 2.47. The summed E-state index contributed by atoms with van der Waals surface area (Å²) >= 11 is 0. The van der Waals surface area contributed by atoms with Gasteiger partial charge in [-0.25, -0.2) is 0 Å². The van der Waals surface area contributed by atoms with E-state index in [1.807, 2.05) is 7.05 Å². The number of likely N-dealkylation sites (N-methyl/N-ethyl adjacent to an activating group) is 1. The number of carbonyl (C=O) groups excluding carboxylic acids is 1. The van der Waals surface area contributed by atoms with Gasteiger partial charge in [0.25, 0.3) is 0 Å². The Morgan fingerprint density at radius 1 is 1.14 bits per heavy atom. The third-order valence-electron chi connectivity index (χ3n) is 3.27. The van der Waals surface area contributed by atoms with Crippen LogP contribution in [0.5, 0.6) is 5.75 Å². The molecule has 1 rings (SSSR count). The third-order valence-corrected chi connectivity index (χ3v) is 3.27. The van der Waals surface area contributed by atoms with Crippen LogP contribution < -0.4 is 10.6 Å². The number of carbonyl (C=O) groups is 1. The zero-order valence-electron chi connectivity index (χ0n) is 13.1. The molecule has 1 aromatic carbocycles. The molecular formula is C16H27N3O2. The molecule has 0 fully saturated rings. The summed E-state index contributed by atoms with van der Waals surface area (Å²) in [6, 6.07) is 6.74. The lowest BCUT2D eigenvalue weighted by Crippen LogP contribution is -2.38. The normalized spacial score (nSPS) is 10.8. The van der Waals surface area contributed by atoms with Crippen LogP contribution in [-0.2, 0) is 11.2 Å². The summed E-state index contributed by atoms with van der Waals surface area (Å²) in [6.45, 7) is 6.71. The van der Waals surface area contributed by atoms with Crippen LogP contribution in [0.15, 0.2) is 24.3 Å². The number of nitrogens with zero attached hydrogens (tertiary/aromatic N) is 1. The van der Waals surface area contributed by atoms with Crippen molar-refractivity contribution >= 4 is 5.91 Å². The molecule has 0 unspecified atom stereocenters. The van der Waals surface area contributed by atoms with Crippen LogP contribution in [0.2, 0.25) is 0 Å². The van der Waals surface area contributed by atoms with Gasteiger partial charge >= 0.3 is 0 Å². The van der Waals surface area contributed by atoms with Crippen LogP contribution in [0.1, 0.15) is 18.9 Å². The summed E-state index contributed by atoms with van der Waals surface area (Å²) in [7, 11) is 1.95. The van der Waals surface area contributed by atoms with E-state index in [1.54, 1.807) is 24.3 Å². The first-order valence-electron chi connectivity index (χ1n) is 7.57. The molecule has 0 heterocycles. The topological polar surface area (TPSA) is 64.6 Å². The molecule has 1 aromatic rings. The second-order valence-corrected chi connectivity index (χ2v) is 5.14. The molecule has 0 saturated carbocycles. The Morgan fingerprint density at radius 2 is 1.81 bits per heavy atom. The maximum atomic E-state index is 11.8. The predicted octanol–water partition coefficient (Wildman–Crippen LogP) is 0.982. The quantitative estimate of drug-likeness (QED) is 0.602. The van der Waals surface area contributed by atoms with Gasteiger partial charge in [0.1, 0.15) is 5.75 Å². The van der Waals surface area contributed by atoms with E-state index >= 15 is 0 Å². The van der Waals surface area contributed by atoms with Crippen molar-refractivity contribution in [1.29, 1.82) is 0 Å². The molecule has 118 valence electrons. The second kappa shape index (κ2) is 10.2. The Morgan fingerprint density at radius 3 is 2.43 bits per heavy atom. The molecule has 1 amide bonds. The lowest BCUT2D eigenvalue weighted by atomic mass is 10.1. The highest BCUT2D eigenvalue weighted by Gasteiger charge is 2.06. The molecule has 21 heavy (non-hydrogen) atoms. The smallest absolute Gasteiger partial charge is 0.224 e. The minimum Gasteiger partial charge on any atom is -0.508 e. The molecule has 0 saturated heterocycles. The molecule has 0 aliphatic rings. The number of hydrogen-bond donors (Lipinski definition) is 3. The lowest BCUT2D eigenvalue weighted by molar-refractivity contribution is -0.120. The highest BCUT2D eigenvalue weighted by molar-refractivity contribution is 5.78. The molecule has 3 N–H and O–H groups in total. The maximum Gasteiger partial charge on any atom is 0.224 e. The number of amides is 1. The Kier molecular flexibility index (Phi) is 8.47. The van der Waals surface area contributed by atoms with E-state index in [4.69, 9.17) is 0 Å². The van der Waals surface area contributed by atoms with Gasteiger partial charge in [-0.1, -0.05) is 19.1 Å². The number of benzene rings is 1. The van der Waals surface area contributed by atoms with Crippen molar-refractivity contribution in [1.82, 2.24) is 15.5 Å².